The van der Waals surface area contributed by atoms with E-state index in [0.717, 1.165) is 111 Å². The van der Waals surface area contributed by atoms with E-state index in [9.17, 15) is 0 Å². The average molecular weight is 841 g/mol. The van der Waals surface area contributed by atoms with Crippen LogP contribution in [-0.4, -0.2) is 65.1 Å². The Kier molecular flexibility index (Phi) is 9.26. The Hall–Kier alpha value is -7.68. The van der Waals surface area contributed by atoms with Gasteiger partial charge in [-0.05, 0) is 116 Å². The maximum atomic E-state index is 5.11. The Balaban J connectivity index is 0.780. The molecule has 64 heavy (non-hydrogen) atoms. The molecular formula is C50H44N14. The minimum atomic E-state index is 0.183. The molecule has 0 saturated heterocycles. The smallest absolute Gasteiger partial charge is 0.182 e. The molecule has 2 aromatic carbocycles. The predicted molar refractivity (Wildman–Crippen MR) is 245 cm³/mol. The minimum Gasteiger partial charge on any atom is -0.340 e. The monoisotopic (exact) mass is 840 g/mol. The highest BCUT2D eigenvalue weighted by atomic mass is 15.3. The van der Waals surface area contributed by atoms with Crippen LogP contribution in [0.4, 0.5) is 0 Å². The van der Waals surface area contributed by atoms with E-state index in [1.54, 1.807) is 10.8 Å². The fraction of sp³-hybridized carbons (Fsp3) is 0.200. The molecule has 0 bridgehead atoms. The highest BCUT2D eigenvalue weighted by Crippen LogP contribution is 2.36. The van der Waals surface area contributed by atoms with Gasteiger partial charge < -0.3 is 20.6 Å². The van der Waals surface area contributed by atoms with Crippen molar-refractivity contribution < 1.29 is 0 Å². The number of aromatic amines is 2. The van der Waals surface area contributed by atoms with Crippen LogP contribution >= 0.6 is 0 Å². The summed E-state index contributed by atoms with van der Waals surface area (Å²) in [6, 6.07) is 36.1. The summed E-state index contributed by atoms with van der Waals surface area (Å²) in [5, 5.41) is 16.9. The van der Waals surface area contributed by atoms with E-state index in [2.05, 4.69) is 79.2 Å². The number of hydrogen-bond donors (Lipinski definition) is 4. The van der Waals surface area contributed by atoms with E-state index >= 15 is 0 Å². The number of H-pyrrole nitrogens is 2. The summed E-state index contributed by atoms with van der Waals surface area (Å²) in [6.07, 6.45) is 9.55. The molecule has 1 unspecified atom stereocenters. The molecular weight excluding hydrogens is 797 g/mol. The van der Waals surface area contributed by atoms with Crippen LogP contribution in [0.1, 0.15) is 57.8 Å². The van der Waals surface area contributed by atoms with Crippen LogP contribution in [0.15, 0.2) is 122 Å². The van der Waals surface area contributed by atoms with Gasteiger partial charge in [-0.25, -0.2) is 29.0 Å². The number of nitrogens with one attached hydrogen (secondary N) is 4. The van der Waals surface area contributed by atoms with Crippen molar-refractivity contribution in [1.82, 2.24) is 69.7 Å². The summed E-state index contributed by atoms with van der Waals surface area (Å²) in [4.78, 5) is 36.4. The zero-order valence-electron chi connectivity index (χ0n) is 35.4. The highest BCUT2D eigenvalue weighted by molar-refractivity contribution is 5.78. The maximum Gasteiger partial charge on any atom is 0.182 e. The second-order valence-electron chi connectivity index (χ2n) is 16.9. The lowest BCUT2D eigenvalue weighted by molar-refractivity contribution is 0.521. The van der Waals surface area contributed by atoms with Crippen LogP contribution in [0, 0.1) is 13.8 Å². The van der Waals surface area contributed by atoms with Crippen LogP contribution in [0.5, 0.6) is 0 Å². The third-order valence-corrected chi connectivity index (χ3v) is 12.6. The average Bonchev–Trinajstić information content (AvgIpc) is 4.18. The minimum absolute atomic E-state index is 0.183. The Morgan fingerprint density at radius 2 is 1.25 bits per heavy atom. The van der Waals surface area contributed by atoms with E-state index in [4.69, 9.17) is 30.0 Å². The Bertz CT molecular complexity index is 3350. The van der Waals surface area contributed by atoms with Gasteiger partial charge >= 0.3 is 0 Å². The molecule has 2 aliphatic rings. The zero-order valence-corrected chi connectivity index (χ0v) is 35.4. The molecule has 2 aliphatic carbocycles. The molecule has 1 atom stereocenters. The van der Waals surface area contributed by atoms with Crippen LogP contribution in [0.3, 0.4) is 0 Å². The number of pyridine rings is 4. The first-order valence-corrected chi connectivity index (χ1v) is 21.8. The number of rotatable bonds is 11. The van der Waals surface area contributed by atoms with Crippen LogP contribution < -0.4 is 10.6 Å². The van der Waals surface area contributed by atoms with Crippen LogP contribution in [-0.2, 0) is 32.4 Å². The third-order valence-electron chi connectivity index (χ3n) is 12.6. The first kappa shape index (κ1) is 38.0. The molecule has 12 rings (SSSR count). The van der Waals surface area contributed by atoms with E-state index < -0.39 is 0 Å². The first-order chi connectivity index (χ1) is 31.4. The van der Waals surface area contributed by atoms with Crippen molar-refractivity contribution in [2.24, 2.45) is 0 Å². The summed E-state index contributed by atoms with van der Waals surface area (Å²) >= 11 is 0. The van der Waals surface area contributed by atoms with Crippen molar-refractivity contribution in [2.45, 2.75) is 64.7 Å². The van der Waals surface area contributed by atoms with Crippen molar-refractivity contribution >= 4 is 11.3 Å². The SMILES string of the molecule is Cc1cccc(-c2nc(CNC3Cc4ccccc4C3)[nH]c2-c2ccc3nc(-c4ccc5c(c4)CCC5NCc4nc(-c5cccc(C)n5)c(-c5ccc6ncnn6c5)[nH]4)nn3c2)n1. The summed E-state index contributed by atoms with van der Waals surface area (Å²) in [5.41, 5.74) is 16.9. The molecule has 0 saturated carbocycles. The largest absolute Gasteiger partial charge is 0.340 e. The standard InChI is InChI=1S/C50H44N14/c1-29-7-5-11-40(55-29)48-46(35-15-19-44-53-28-54-63(44)26-35)58-43(60-48)25-52-39-18-14-33-21-34(13-17-38(33)39)50-61-45-20-16-36(27-64(45)62-50)47-49(41-12-6-8-30(2)56-41)59-42(57-47)24-51-37-22-31-9-3-4-10-32(31)23-37/h3-13,15-17,19-21,26-28,37,39,51-52H,14,18,22-25H2,1-2H3,(H,57,59)(H,58,60). The van der Waals surface area contributed by atoms with E-state index in [0.29, 0.717) is 25.0 Å². The molecule has 0 radical (unpaired) electrons. The number of imidazole rings is 2. The molecule has 10 aromatic rings. The van der Waals surface area contributed by atoms with Gasteiger partial charge in [0.05, 0.1) is 35.9 Å². The maximum absolute atomic E-state index is 5.11. The Morgan fingerprint density at radius 1 is 0.609 bits per heavy atom. The topological polar surface area (TPSA) is 168 Å². The predicted octanol–water partition coefficient (Wildman–Crippen LogP) is 7.99. The van der Waals surface area contributed by atoms with Gasteiger partial charge in [0.15, 0.2) is 17.1 Å². The van der Waals surface area contributed by atoms with E-state index in [1.165, 1.54) is 22.3 Å². The first-order valence-electron chi connectivity index (χ1n) is 21.8. The molecule has 8 heterocycles. The summed E-state index contributed by atoms with van der Waals surface area (Å²) < 4.78 is 3.64. The van der Waals surface area contributed by atoms with Gasteiger partial charge in [0.1, 0.15) is 29.4 Å². The summed E-state index contributed by atoms with van der Waals surface area (Å²) in [6.45, 7) is 5.20. The fourth-order valence-electron chi connectivity index (χ4n) is 9.40. The molecule has 14 heteroatoms. The van der Waals surface area contributed by atoms with Gasteiger partial charge in [-0.1, -0.05) is 48.5 Å². The number of fused-ring (bicyclic) bond motifs is 4. The molecule has 8 aromatic heterocycles. The van der Waals surface area contributed by atoms with Gasteiger partial charge in [0, 0.05) is 52.6 Å². The number of benzene rings is 2. The molecule has 314 valence electrons. The molecule has 14 nitrogen and oxygen atoms in total. The molecule has 0 fully saturated rings. The van der Waals surface area contributed by atoms with Gasteiger partial charge in [-0.15, -0.1) is 5.10 Å². The lowest BCUT2D eigenvalue weighted by Crippen LogP contribution is -2.29. The van der Waals surface area contributed by atoms with Crippen molar-refractivity contribution in [3.05, 3.63) is 167 Å². The number of aryl methyl sites for hydroxylation is 3. The van der Waals surface area contributed by atoms with Crippen LogP contribution in [0.25, 0.3) is 68.0 Å². The number of aromatic nitrogens is 12. The molecule has 0 spiro atoms. The quantitative estimate of drug-likeness (QED) is 0.100. The third kappa shape index (κ3) is 7.12. The van der Waals surface area contributed by atoms with Gasteiger partial charge in [0.25, 0.3) is 0 Å². The van der Waals surface area contributed by atoms with Gasteiger partial charge in [-0.3, -0.25) is 9.97 Å². The summed E-state index contributed by atoms with van der Waals surface area (Å²) in [7, 11) is 0. The van der Waals surface area contributed by atoms with E-state index in [-0.39, 0.29) is 6.04 Å². The van der Waals surface area contributed by atoms with Crippen molar-refractivity contribution in [1.29, 1.82) is 0 Å². The second-order valence-corrected chi connectivity index (χ2v) is 16.9. The van der Waals surface area contributed by atoms with Gasteiger partial charge in [0.2, 0.25) is 0 Å². The normalized spacial score (nSPS) is 14.8. The summed E-state index contributed by atoms with van der Waals surface area (Å²) in [5.74, 6) is 2.40. The van der Waals surface area contributed by atoms with Crippen LogP contribution in [0.2, 0.25) is 0 Å². The van der Waals surface area contributed by atoms with Crippen molar-refractivity contribution in [2.75, 3.05) is 0 Å². The zero-order chi connectivity index (χ0) is 42.7. The highest BCUT2D eigenvalue weighted by Gasteiger charge is 2.26. The number of nitrogens with zero attached hydrogens (tertiary/aromatic N) is 10. The number of hydrogen-bond acceptors (Lipinski definition) is 10. The Morgan fingerprint density at radius 3 is 1.94 bits per heavy atom. The fourth-order valence-corrected chi connectivity index (χ4v) is 9.40. The van der Waals surface area contributed by atoms with Crippen molar-refractivity contribution in [3.63, 3.8) is 0 Å². The van der Waals surface area contributed by atoms with E-state index in [1.807, 2.05) is 85.4 Å². The van der Waals surface area contributed by atoms with Gasteiger partial charge in [-0.2, -0.15) is 5.10 Å². The molecule has 4 N–H and O–H groups in total. The lowest BCUT2D eigenvalue weighted by Gasteiger charge is -2.13. The molecule has 0 amide bonds. The Labute approximate surface area is 368 Å². The lowest BCUT2D eigenvalue weighted by atomic mass is 10.0. The molecule has 0 aliphatic heterocycles. The second kappa shape index (κ2) is 15.6. The van der Waals surface area contributed by atoms with Crippen molar-refractivity contribution in [3.8, 4) is 56.7 Å².